The number of pyridine rings is 1. The lowest BCUT2D eigenvalue weighted by atomic mass is 9.72. The standard InChI is InChI=1S/C66H75ClN10O11S/c1-43-7-16-57(63(79)72-43)76-64(80)53-5-4-6-56(61(53)65(76)81)68-23-31-86-33-34-87-32-30-73-24-19-44(20-25-73)39-70-55-15-13-51(37-58(55)77(82)83)89(84,85)42-59(78)52-14-12-49(36-60(52)88-50-35-46-18-22-69-62(46)71-40-50)75-28-26-74(27-29-75)41-47-17-21-66(2,3)38-54(47)45-8-10-48(67)11-9-45/h4-6,8-15,18,22,35-37,40,44,57,68,70H,1,7,16-17,19-21,23-34,38-39,41-42H2,2-3H3,(H,69,71)(H,72,79). The van der Waals surface area contributed by atoms with E-state index in [-0.39, 0.29) is 44.4 Å². The number of H-pyrrole nitrogens is 1. The van der Waals surface area contributed by atoms with E-state index in [0.717, 1.165) is 112 Å². The van der Waals surface area contributed by atoms with Crippen LogP contribution >= 0.6 is 11.6 Å². The molecule has 21 nitrogen and oxygen atoms in total. The molecule has 11 rings (SSSR count). The number of Topliss-reactive ketones (excluding diaryl/α,β-unsaturated/α-hetero) is 1. The van der Waals surface area contributed by atoms with Crippen molar-refractivity contribution < 1.29 is 46.7 Å². The van der Waals surface area contributed by atoms with Gasteiger partial charge in [-0.3, -0.25) is 39.1 Å². The zero-order chi connectivity index (χ0) is 62.4. The Morgan fingerprint density at radius 1 is 0.854 bits per heavy atom. The van der Waals surface area contributed by atoms with E-state index in [1.807, 2.05) is 24.3 Å². The predicted octanol–water partition coefficient (Wildman–Crippen LogP) is 10.0. The van der Waals surface area contributed by atoms with Crippen LogP contribution in [0.5, 0.6) is 11.5 Å². The first-order valence-electron chi connectivity index (χ1n) is 30.4. The zero-order valence-electron chi connectivity index (χ0n) is 50.2. The number of ketones is 1. The van der Waals surface area contributed by atoms with Crippen LogP contribution in [0.4, 0.5) is 22.7 Å². The molecule has 23 heteroatoms. The molecule has 3 saturated heterocycles. The maximum Gasteiger partial charge on any atom is 0.293 e. The number of nitro benzene ring substituents is 1. The van der Waals surface area contributed by atoms with Gasteiger partial charge in [-0.05, 0) is 141 Å². The summed E-state index contributed by atoms with van der Waals surface area (Å²) in [6, 6.07) is 24.8. The lowest BCUT2D eigenvalue weighted by molar-refractivity contribution is -0.384. The number of ether oxygens (including phenoxy) is 3. The average molecular weight is 1250 g/mol. The third kappa shape index (κ3) is 14.9. The van der Waals surface area contributed by atoms with Crippen LogP contribution in [0.2, 0.25) is 5.02 Å². The number of sulfone groups is 1. The first-order chi connectivity index (χ1) is 42.9. The van der Waals surface area contributed by atoms with Gasteiger partial charge in [0.25, 0.3) is 17.5 Å². The number of hydrogen-bond acceptors (Lipinski definition) is 17. The fourth-order valence-electron chi connectivity index (χ4n) is 12.5. The zero-order valence-corrected chi connectivity index (χ0v) is 51.8. The summed E-state index contributed by atoms with van der Waals surface area (Å²) in [4.78, 5) is 80.6. The highest BCUT2D eigenvalue weighted by Crippen LogP contribution is 2.44. The minimum Gasteiger partial charge on any atom is -0.455 e. The summed E-state index contributed by atoms with van der Waals surface area (Å²) in [6.07, 6.45) is 8.95. The molecule has 4 N–H and O–H groups in total. The molecule has 468 valence electrons. The summed E-state index contributed by atoms with van der Waals surface area (Å²) in [5, 5.41) is 23.0. The Hall–Kier alpha value is -7.99. The van der Waals surface area contributed by atoms with E-state index in [1.54, 1.807) is 42.6 Å². The van der Waals surface area contributed by atoms with Crippen molar-refractivity contribution in [2.45, 2.75) is 69.7 Å². The molecule has 5 aliphatic rings. The summed E-state index contributed by atoms with van der Waals surface area (Å²) >= 11 is 6.28. The molecule has 6 heterocycles. The van der Waals surface area contributed by atoms with Crippen LogP contribution in [0.1, 0.15) is 95.4 Å². The molecule has 2 aromatic heterocycles. The number of nitro groups is 1. The van der Waals surface area contributed by atoms with Crippen molar-refractivity contribution in [3.63, 3.8) is 0 Å². The number of nitrogens with zero attached hydrogens (tertiary/aromatic N) is 6. The lowest BCUT2D eigenvalue weighted by Gasteiger charge is -2.39. The number of benzene rings is 4. The highest BCUT2D eigenvalue weighted by atomic mass is 35.5. The van der Waals surface area contributed by atoms with Crippen molar-refractivity contribution in [3.8, 4) is 11.5 Å². The molecule has 3 amide bonds. The van der Waals surface area contributed by atoms with E-state index < -0.39 is 55.7 Å². The van der Waals surface area contributed by atoms with Gasteiger partial charge in [-0.15, -0.1) is 0 Å². The average Bonchev–Trinajstić information content (AvgIpc) is 1.74. The highest BCUT2D eigenvalue weighted by Gasteiger charge is 2.45. The third-order valence-corrected chi connectivity index (χ3v) is 19.5. The van der Waals surface area contributed by atoms with Gasteiger partial charge in [0.05, 0.1) is 59.1 Å². The van der Waals surface area contributed by atoms with Gasteiger partial charge in [0.1, 0.15) is 34.6 Å². The van der Waals surface area contributed by atoms with Gasteiger partial charge in [-0.1, -0.05) is 55.8 Å². The van der Waals surface area contributed by atoms with Crippen molar-refractivity contribution in [2.24, 2.45) is 11.3 Å². The van der Waals surface area contributed by atoms with Crippen molar-refractivity contribution in [3.05, 3.63) is 159 Å². The first kappa shape index (κ1) is 62.6. The maximum absolute atomic E-state index is 14.3. The molecule has 1 aliphatic carbocycles. The van der Waals surface area contributed by atoms with Crippen LogP contribution in [-0.2, 0) is 24.1 Å². The number of piperazine rings is 1. The molecule has 0 bridgehead atoms. The van der Waals surface area contributed by atoms with E-state index in [2.05, 4.69) is 73.2 Å². The first-order valence-corrected chi connectivity index (χ1v) is 32.5. The van der Waals surface area contributed by atoms with E-state index in [4.69, 9.17) is 25.8 Å². The summed E-state index contributed by atoms with van der Waals surface area (Å²) in [6.45, 7) is 17.1. The summed E-state index contributed by atoms with van der Waals surface area (Å²) < 4.78 is 46.2. The van der Waals surface area contributed by atoms with Crippen LogP contribution in [0.3, 0.4) is 0 Å². The number of imide groups is 1. The Bertz CT molecular complexity index is 3820. The van der Waals surface area contributed by atoms with Crippen LogP contribution in [0.15, 0.2) is 126 Å². The van der Waals surface area contributed by atoms with Crippen LogP contribution in [-0.4, -0.2) is 165 Å². The van der Waals surface area contributed by atoms with Crippen LogP contribution in [0, 0.1) is 21.4 Å². The number of anilines is 3. The number of allylic oxidation sites excluding steroid dienone is 2. The molecule has 0 saturated carbocycles. The third-order valence-electron chi connectivity index (χ3n) is 17.6. The summed E-state index contributed by atoms with van der Waals surface area (Å²) in [7, 11) is -4.38. The Morgan fingerprint density at radius 3 is 2.39 bits per heavy atom. The number of carbonyl (C=O) groups is 4. The number of rotatable bonds is 25. The molecule has 1 unspecified atom stereocenters. The molecule has 4 aromatic carbocycles. The second-order valence-electron chi connectivity index (χ2n) is 24.4. The maximum atomic E-state index is 14.3. The van der Waals surface area contributed by atoms with Gasteiger partial charge in [0, 0.05) is 98.2 Å². The fraction of sp³-hybridized carbons (Fsp3) is 0.409. The molecule has 1 atom stereocenters. The Morgan fingerprint density at radius 2 is 1.63 bits per heavy atom. The van der Waals surface area contributed by atoms with Gasteiger partial charge in [-0.25, -0.2) is 13.4 Å². The normalized spacial score (nSPS) is 18.6. The van der Waals surface area contributed by atoms with Gasteiger partial charge in [0.15, 0.2) is 15.6 Å². The Labute approximate surface area is 522 Å². The Balaban J connectivity index is 0.637. The molecule has 3 fully saturated rings. The minimum absolute atomic E-state index is 0.0501. The highest BCUT2D eigenvalue weighted by molar-refractivity contribution is 7.92. The van der Waals surface area contributed by atoms with Gasteiger partial charge < -0.3 is 44.9 Å². The van der Waals surface area contributed by atoms with Crippen molar-refractivity contribution >= 4 is 84.3 Å². The van der Waals surface area contributed by atoms with Gasteiger partial charge >= 0.3 is 0 Å². The van der Waals surface area contributed by atoms with Crippen molar-refractivity contribution in [1.29, 1.82) is 0 Å². The van der Waals surface area contributed by atoms with Crippen LogP contribution in [0.25, 0.3) is 16.6 Å². The predicted molar refractivity (Wildman–Crippen MR) is 342 cm³/mol. The number of aromatic amines is 1. The molecule has 6 aromatic rings. The number of hydrogen-bond donors (Lipinski definition) is 4. The largest absolute Gasteiger partial charge is 0.455 e. The number of aromatic nitrogens is 2. The van der Waals surface area contributed by atoms with Crippen LogP contribution < -0.4 is 25.6 Å². The topological polar surface area (TPSA) is 251 Å². The second-order valence-corrected chi connectivity index (χ2v) is 26.8. The van der Waals surface area contributed by atoms with E-state index >= 15 is 0 Å². The number of carbonyl (C=O) groups excluding carboxylic acids is 4. The molecular weight excluding hydrogens is 1180 g/mol. The fourth-order valence-corrected chi connectivity index (χ4v) is 13.9. The number of fused-ring (bicyclic) bond motifs is 2. The quantitative estimate of drug-likeness (QED) is 0.0137. The smallest absolute Gasteiger partial charge is 0.293 e. The lowest BCUT2D eigenvalue weighted by Crippen LogP contribution is -2.51. The van der Waals surface area contributed by atoms with E-state index in [1.165, 1.54) is 35.0 Å². The number of amides is 3. The number of halogens is 1. The number of nitrogens with one attached hydrogen (secondary N) is 4. The van der Waals surface area contributed by atoms with E-state index in [9.17, 15) is 37.7 Å². The van der Waals surface area contributed by atoms with Gasteiger partial charge in [-0.2, -0.15) is 0 Å². The molecule has 0 spiro atoms. The second kappa shape index (κ2) is 27.4. The molecule has 89 heavy (non-hydrogen) atoms. The molecular formula is C66H75ClN10O11S. The monoisotopic (exact) mass is 1250 g/mol. The molecule has 4 aliphatic heterocycles. The van der Waals surface area contributed by atoms with Gasteiger partial charge in [0.2, 0.25) is 5.91 Å². The molecule has 0 radical (unpaired) electrons. The number of likely N-dealkylation sites (tertiary alicyclic amines) is 1. The van der Waals surface area contributed by atoms with Crippen molar-refractivity contribution in [1.82, 2.24) is 30.0 Å². The summed E-state index contributed by atoms with van der Waals surface area (Å²) in [5.41, 5.74) is 7.16. The number of piperidine rings is 2. The van der Waals surface area contributed by atoms with Crippen molar-refractivity contribution in [2.75, 3.05) is 113 Å². The summed E-state index contributed by atoms with van der Waals surface area (Å²) in [5.74, 6) is -2.35. The minimum atomic E-state index is -4.38. The Kier molecular flexibility index (Phi) is 19.3. The SMILES string of the molecule is C=C1CCC(N2C(=O)c3cccc(NCCOCCOCCN4CCC(CNc5ccc(S(=O)(=O)CC(=O)c6ccc(N7CCN(CC8=C(c9ccc(Cl)cc9)CC(C)(C)CC8)CC7)cc6Oc6cnc7[nH]ccc7c6)cc5[N+](=O)[O-])CC4)c3C2=O)C(=O)N1. The van der Waals surface area contributed by atoms with E-state index in [0.29, 0.717) is 75.1 Å².